The van der Waals surface area contributed by atoms with Crippen molar-refractivity contribution in [2.45, 2.75) is 38.7 Å². The van der Waals surface area contributed by atoms with E-state index in [1.54, 1.807) is 7.11 Å². The van der Waals surface area contributed by atoms with Gasteiger partial charge in [0.1, 0.15) is 5.75 Å². The van der Waals surface area contributed by atoms with Crippen LogP contribution in [0.4, 0.5) is 0 Å². The Labute approximate surface area is 154 Å². The highest BCUT2D eigenvalue weighted by atomic mass is 16.5. The Balaban J connectivity index is 1.57. The summed E-state index contributed by atoms with van der Waals surface area (Å²) in [6.45, 7) is 3.83. The van der Waals surface area contributed by atoms with E-state index in [0.717, 1.165) is 29.7 Å². The van der Waals surface area contributed by atoms with Crippen LogP contribution in [-0.4, -0.2) is 54.8 Å². The van der Waals surface area contributed by atoms with E-state index in [-0.39, 0.29) is 17.9 Å². The molecule has 1 aromatic carbocycles. The van der Waals surface area contributed by atoms with Gasteiger partial charge in [-0.05, 0) is 38.2 Å². The maximum absolute atomic E-state index is 12.7. The second-order valence-corrected chi connectivity index (χ2v) is 7.28. The van der Waals surface area contributed by atoms with Gasteiger partial charge in [-0.1, -0.05) is 17.7 Å². The highest BCUT2D eigenvalue weighted by Gasteiger charge is 2.40. The molecule has 6 nitrogen and oxygen atoms in total. The van der Waals surface area contributed by atoms with Gasteiger partial charge in [0.05, 0.1) is 25.6 Å². The van der Waals surface area contributed by atoms with Crippen molar-refractivity contribution in [3.05, 3.63) is 29.3 Å². The number of hydrogen-bond acceptors (Lipinski definition) is 4. The first-order chi connectivity index (χ1) is 12.5. The van der Waals surface area contributed by atoms with Crippen molar-refractivity contribution in [1.29, 1.82) is 0 Å². The van der Waals surface area contributed by atoms with Gasteiger partial charge in [-0.25, -0.2) is 0 Å². The molecule has 2 aliphatic heterocycles. The molecule has 2 atom stereocenters. The molecule has 142 valence electrons. The number of aliphatic carboxylic acids is 1. The molecule has 0 aliphatic carbocycles. The molecule has 1 amide bonds. The van der Waals surface area contributed by atoms with Crippen molar-refractivity contribution < 1.29 is 24.2 Å². The molecule has 1 unspecified atom stereocenters. The number of carbonyl (C=O) groups excluding carboxylic acids is 1. The summed E-state index contributed by atoms with van der Waals surface area (Å²) in [5.41, 5.74) is 2.01. The summed E-state index contributed by atoms with van der Waals surface area (Å²) in [7, 11) is 1.62. The highest BCUT2D eigenvalue weighted by Crippen LogP contribution is 2.33. The minimum Gasteiger partial charge on any atom is -0.496 e. The number of ether oxygens (including phenoxy) is 2. The van der Waals surface area contributed by atoms with Gasteiger partial charge in [-0.15, -0.1) is 0 Å². The molecule has 2 saturated heterocycles. The summed E-state index contributed by atoms with van der Waals surface area (Å²) in [6.07, 6.45) is 2.30. The summed E-state index contributed by atoms with van der Waals surface area (Å²) < 4.78 is 11.1. The van der Waals surface area contributed by atoms with E-state index in [0.29, 0.717) is 32.5 Å². The van der Waals surface area contributed by atoms with E-state index in [1.165, 1.54) is 0 Å². The fourth-order valence-corrected chi connectivity index (χ4v) is 4.14. The van der Waals surface area contributed by atoms with Crippen LogP contribution in [0.25, 0.3) is 0 Å². The first-order valence-corrected chi connectivity index (χ1v) is 9.25. The SMILES string of the molecule is COc1ccc(C)cc1CC(=O)N1CCC([C@@H]2OCCC2C(=O)O)CC1. The van der Waals surface area contributed by atoms with Crippen LogP contribution in [0.3, 0.4) is 0 Å². The van der Waals surface area contributed by atoms with Gasteiger partial charge >= 0.3 is 5.97 Å². The van der Waals surface area contributed by atoms with E-state index < -0.39 is 11.9 Å². The molecule has 0 aromatic heterocycles. The van der Waals surface area contributed by atoms with Crippen LogP contribution in [-0.2, 0) is 20.7 Å². The molecule has 3 rings (SSSR count). The Morgan fingerprint density at radius 3 is 2.65 bits per heavy atom. The third-order valence-electron chi connectivity index (χ3n) is 5.59. The topological polar surface area (TPSA) is 76.1 Å². The third-order valence-corrected chi connectivity index (χ3v) is 5.59. The number of carboxylic acid groups (broad SMARTS) is 1. The lowest BCUT2D eigenvalue weighted by Gasteiger charge is -2.35. The Hall–Kier alpha value is -2.08. The third kappa shape index (κ3) is 4.01. The zero-order valence-corrected chi connectivity index (χ0v) is 15.4. The lowest BCUT2D eigenvalue weighted by atomic mass is 9.84. The fourth-order valence-electron chi connectivity index (χ4n) is 4.14. The Morgan fingerprint density at radius 1 is 1.27 bits per heavy atom. The van der Waals surface area contributed by atoms with Crippen molar-refractivity contribution >= 4 is 11.9 Å². The summed E-state index contributed by atoms with van der Waals surface area (Å²) in [5, 5.41) is 9.33. The van der Waals surface area contributed by atoms with E-state index in [2.05, 4.69) is 0 Å². The largest absolute Gasteiger partial charge is 0.496 e. The summed E-state index contributed by atoms with van der Waals surface area (Å²) in [5.74, 6) is -0.121. The summed E-state index contributed by atoms with van der Waals surface area (Å²) in [6, 6.07) is 5.86. The van der Waals surface area contributed by atoms with Crippen LogP contribution in [0.2, 0.25) is 0 Å². The van der Waals surface area contributed by atoms with Gasteiger partial charge in [0.15, 0.2) is 0 Å². The van der Waals surface area contributed by atoms with Gasteiger partial charge in [0, 0.05) is 25.3 Å². The fraction of sp³-hybridized carbons (Fsp3) is 0.600. The normalized spacial score (nSPS) is 23.8. The van der Waals surface area contributed by atoms with Gasteiger partial charge in [0.2, 0.25) is 5.91 Å². The number of likely N-dealkylation sites (tertiary alicyclic amines) is 1. The molecule has 1 aromatic rings. The zero-order chi connectivity index (χ0) is 18.7. The van der Waals surface area contributed by atoms with Crippen LogP contribution in [0.5, 0.6) is 5.75 Å². The van der Waals surface area contributed by atoms with Crippen molar-refractivity contribution in [3.63, 3.8) is 0 Å². The molecular formula is C20H27NO5. The second-order valence-electron chi connectivity index (χ2n) is 7.28. The van der Waals surface area contributed by atoms with Crippen LogP contribution >= 0.6 is 0 Å². The lowest BCUT2D eigenvalue weighted by molar-refractivity contribution is -0.145. The monoisotopic (exact) mass is 361 g/mol. The molecular weight excluding hydrogens is 334 g/mol. The minimum atomic E-state index is -0.766. The standard InChI is InChI=1S/C20H27NO5/c1-13-3-4-17(25-2)15(11-13)12-18(22)21-8-5-14(6-9-21)19-16(20(23)24)7-10-26-19/h3-4,11,14,16,19H,5-10,12H2,1-2H3,(H,23,24)/t16?,19-/m0/s1. The first-order valence-electron chi connectivity index (χ1n) is 9.25. The molecule has 0 spiro atoms. The Bertz CT molecular complexity index is 666. The smallest absolute Gasteiger partial charge is 0.309 e. The lowest BCUT2D eigenvalue weighted by Crippen LogP contribution is -2.43. The summed E-state index contributed by atoms with van der Waals surface area (Å²) >= 11 is 0. The zero-order valence-electron chi connectivity index (χ0n) is 15.4. The van der Waals surface area contributed by atoms with Gasteiger partial charge < -0.3 is 19.5 Å². The van der Waals surface area contributed by atoms with Crippen molar-refractivity contribution in [2.24, 2.45) is 11.8 Å². The number of piperidine rings is 1. The van der Waals surface area contributed by atoms with E-state index in [1.807, 2.05) is 30.0 Å². The number of methoxy groups -OCH3 is 1. The Kier molecular flexibility index (Phi) is 5.81. The average molecular weight is 361 g/mol. The average Bonchev–Trinajstić information content (AvgIpc) is 3.12. The first kappa shape index (κ1) is 18.7. The van der Waals surface area contributed by atoms with Crippen LogP contribution in [0.15, 0.2) is 18.2 Å². The molecule has 0 radical (unpaired) electrons. The van der Waals surface area contributed by atoms with E-state index in [4.69, 9.17) is 9.47 Å². The maximum atomic E-state index is 12.7. The van der Waals surface area contributed by atoms with E-state index >= 15 is 0 Å². The number of nitrogens with zero attached hydrogens (tertiary/aromatic N) is 1. The number of amides is 1. The Morgan fingerprint density at radius 2 is 2.00 bits per heavy atom. The van der Waals surface area contributed by atoms with E-state index in [9.17, 15) is 14.7 Å². The molecule has 6 heteroatoms. The molecule has 0 saturated carbocycles. The maximum Gasteiger partial charge on any atom is 0.309 e. The number of aryl methyl sites for hydroxylation is 1. The number of benzene rings is 1. The molecule has 26 heavy (non-hydrogen) atoms. The highest BCUT2D eigenvalue weighted by molar-refractivity contribution is 5.79. The van der Waals surface area contributed by atoms with Gasteiger partial charge in [-0.2, -0.15) is 0 Å². The number of carbonyl (C=O) groups is 2. The van der Waals surface area contributed by atoms with Crippen molar-refractivity contribution in [3.8, 4) is 5.75 Å². The van der Waals surface area contributed by atoms with Crippen molar-refractivity contribution in [1.82, 2.24) is 4.90 Å². The quantitative estimate of drug-likeness (QED) is 0.871. The number of carboxylic acids is 1. The predicted molar refractivity (Wildman–Crippen MR) is 96.2 cm³/mol. The molecule has 2 fully saturated rings. The van der Waals surface area contributed by atoms with Crippen LogP contribution < -0.4 is 4.74 Å². The molecule has 2 aliphatic rings. The summed E-state index contributed by atoms with van der Waals surface area (Å²) in [4.78, 5) is 25.9. The molecule has 0 bridgehead atoms. The second kappa shape index (κ2) is 8.08. The molecule has 1 N–H and O–H groups in total. The van der Waals surface area contributed by atoms with Crippen LogP contribution in [0, 0.1) is 18.8 Å². The van der Waals surface area contributed by atoms with Gasteiger partial charge in [-0.3, -0.25) is 9.59 Å². The minimum absolute atomic E-state index is 0.0921. The van der Waals surface area contributed by atoms with Crippen LogP contribution in [0.1, 0.15) is 30.4 Å². The van der Waals surface area contributed by atoms with Gasteiger partial charge in [0.25, 0.3) is 0 Å². The molecule has 2 heterocycles. The van der Waals surface area contributed by atoms with Crippen molar-refractivity contribution in [2.75, 3.05) is 26.8 Å². The predicted octanol–water partition coefficient (Wildman–Crippen LogP) is 2.27. The number of rotatable bonds is 5. The number of hydrogen-bond donors (Lipinski definition) is 1.